The van der Waals surface area contributed by atoms with E-state index in [-0.39, 0.29) is 11.3 Å². The van der Waals surface area contributed by atoms with Crippen molar-refractivity contribution in [2.75, 3.05) is 11.4 Å². The van der Waals surface area contributed by atoms with Gasteiger partial charge in [-0.25, -0.2) is 4.98 Å². The molecule has 2 amide bonds. The van der Waals surface area contributed by atoms with E-state index in [1.165, 1.54) is 11.8 Å². The summed E-state index contributed by atoms with van der Waals surface area (Å²) < 4.78 is 38.3. The van der Waals surface area contributed by atoms with Crippen molar-refractivity contribution in [2.24, 2.45) is 5.73 Å². The largest absolute Gasteiger partial charge is 0.433 e. The van der Waals surface area contributed by atoms with Crippen molar-refractivity contribution in [2.45, 2.75) is 25.9 Å². The number of nitrogens with zero attached hydrogens (tertiary/aromatic N) is 2. The molecule has 8 heteroatoms. The molecule has 3 rings (SSSR count). The molecule has 5 nitrogen and oxygen atoms in total. The van der Waals surface area contributed by atoms with Gasteiger partial charge in [-0.3, -0.25) is 9.59 Å². The highest BCUT2D eigenvalue weighted by Gasteiger charge is 2.34. The van der Waals surface area contributed by atoms with E-state index < -0.39 is 23.7 Å². The van der Waals surface area contributed by atoms with Crippen molar-refractivity contribution in [1.29, 1.82) is 0 Å². The number of carbonyl (C=O) groups excluding carboxylic acids is 2. The van der Waals surface area contributed by atoms with Crippen molar-refractivity contribution in [3.05, 3.63) is 58.4 Å². The van der Waals surface area contributed by atoms with Gasteiger partial charge in [-0.15, -0.1) is 0 Å². The number of primary amides is 1. The van der Waals surface area contributed by atoms with Gasteiger partial charge in [0, 0.05) is 17.8 Å². The van der Waals surface area contributed by atoms with Crippen LogP contribution in [0, 0.1) is 6.92 Å². The fourth-order valence-electron chi connectivity index (χ4n) is 3.16. The second-order valence-electron chi connectivity index (χ2n) is 6.06. The summed E-state index contributed by atoms with van der Waals surface area (Å²) in [5.41, 5.74) is 6.03. The molecule has 1 aromatic carbocycles. The first-order chi connectivity index (χ1) is 12.2. The quantitative estimate of drug-likeness (QED) is 0.891. The fraction of sp³-hybridized carbons (Fsp3) is 0.278. The SMILES string of the molecule is Cc1nc(C(F)(F)F)ccc1C(=O)N1CCCc2c(C(N)=O)cccc21. The van der Waals surface area contributed by atoms with Crippen molar-refractivity contribution < 1.29 is 22.8 Å². The van der Waals surface area contributed by atoms with Crippen LogP contribution in [0.25, 0.3) is 0 Å². The minimum Gasteiger partial charge on any atom is -0.366 e. The molecule has 0 spiro atoms. The predicted molar refractivity (Wildman–Crippen MR) is 88.9 cm³/mol. The van der Waals surface area contributed by atoms with E-state index in [9.17, 15) is 22.8 Å². The number of benzene rings is 1. The number of hydrogen-bond donors (Lipinski definition) is 1. The first kappa shape index (κ1) is 17.9. The lowest BCUT2D eigenvalue weighted by atomic mass is 9.95. The number of fused-ring (bicyclic) bond motifs is 1. The van der Waals surface area contributed by atoms with Crippen LogP contribution in [-0.2, 0) is 12.6 Å². The first-order valence-corrected chi connectivity index (χ1v) is 7.98. The van der Waals surface area contributed by atoms with Gasteiger partial charge in [0.05, 0.1) is 11.3 Å². The van der Waals surface area contributed by atoms with Crippen molar-refractivity contribution in [3.63, 3.8) is 0 Å². The summed E-state index contributed by atoms with van der Waals surface area (Å²) in [5.74, 6) is -1.03. The molecule has 2 N–H and O–H groups in total. The summed E-state index contributed by atoms with van der Waals surface area (Å²) in [5, 5.41) is 0. The zero-order valence-electron chi connectivity index (χ0n) is 13.9. The Kier molecular flexibility index (Phi) is 4.43. The number of amides is 2. The normalized spacial score (nSPS) is 14.1. The molecule has 2 heterocycles. The topological polar surface area (TPSA) is 76.3 Å². The van der Waals surface area contributed by atoms with Gasteiger partial charge in [0.2, 0.25) is 5.91 Å². The van der Waals surface area contributed by atoms with Crippen LogP contribution in [0.15, 0.2) is 30.3 Å². The van der Waals surface area contributed by atoms with Crippen LogP contribution in [0.4, 0.5) is 18.9 Å². The van der Waals surface area contributed by atoms with Crippen molar-refractivity contribution in [3.8, 4) is 0 Å². The Morgan fingerprint density at radius 3 is 2.50 bits per heavy atom. The minimum atomic E-state index is -4.57. The molecular weight excluding hydrogens is 347 g/mol. The monoisotopic (exact) mass is 363 g/mol. The van der Waals surface area contributed by atoms with Crippen LogP contribution in [0.3, 0.4) is 0 Å². The highest BCUT2D eigenvalue weighted by Crippen LogP contribution is 2.32. The second kappa shape index (κ2) is 6.44. The average molecular weight is 363 g/mol. The van der Waals surface area contributed by atoms with E-state index in [1.54, 1.807) is 18.2 Å². The summed E-state index contributed by atoms with van der Waals surface area (Å²) in [6.45, 7) is 1.77. The summed E-state index contributed by atoms with van der Waals surface area (Å²) >= 11 is 0. The highest BCUT2D eigenvalue weighted by molar-refractivity contribution is 6.08. The highest BCUT2D eigenvalue weighted by atomic mass is 19.4. The maximum absolute atomic E-state index is 12.9. The lowest BCUT2D eigenvalue weighted by molar-refractivity contribution is -0.141. The number of hydrogen-bond acceptors (Lipinski definition) is 3. The molecular formula is C18H16F3N3O2. The van der Waals surface area contributed by atoms with E-state index in [2.05, 4.69) is 4.98 Å². The zero-order chi connectivity index (χ0) is 19.1. The second-order valence-corrected chi connectivity index (χ2v) is 6.06. The summed E-state index contributed by atoms with van der Waals surface area (Å²) in [7, 11) is 0. The maximum atomic E-state index is 12.9. The molecule has 0 bridgehead atoms. The Hall–Kier alpha value is -2.90. The van der Waals surface area contributed by atoms with Crippen LogP contribution >= 0.6 is 0 Å². The van der Waals surface area contributed by atoms with Crippen LogP contribution in [-0.4, -0.2) is 23.3 Å². The Labute approximate surface area is 147 Å². The van der Waals surface area contributed by atoms with Gasteiger partial charge in [-0.1, -0.05) is 6.07 Å². The molecule has 0 atom stereocenters. The Morgan fingerprint density at radius 1 is 1.15 bits per heavy atom. The maximum Gasteiger partial charge on any atom is 0.433 e. The number of aryl methyl sites for hydroxylation is 1. The molecule has 0 aliphatic carbocycles. The van der Waals surface area contributed by atoms with E-state index in [0.29, 0.717) is 36.2 Å². The van der Waals surface area contributed by atoms with Gasteiger partial charge < -0.3 is 10.6 Å². The third-order valence-corrected chi connectivity index (χ3v) is 4.37. The molecule has 1 aliphatic heterocycles. The number of nitrogens with two attached hydrogens (primary N) is 1. The molecule has 0 saturated heterocycles. The summed E-state index contributed by atoms with van der Waals surface area (Å²) in [4.78, 5) is 29.5. The average Bonchev–Trinajstić information content (AvgIpc) is 2.59. The lowest BCUT2D eigenvalue weighted by Gasteiger charge is -2.31. The van der Waals surface area contributed by atoms with E-state index in [4.69, 9.17) is 5.73 Å². The molecule has 0 fully saturated rings. The lowest BCUT2D eigenvalue weighted by Crippen LogP contribution is -2.37. The smallest absolute Gasteiger partial charge is 0.366 e. The molecule has 0 unspecified atom stereocenters. The number of halogens is 3. The van der Waals surface area contributed by atoms with Crippen LogP contribution < -0.4 is 10.6 Å². The molecule has 0 saturated carbocycles. The molecule has 1 aliphatic rings. The third-order valence-electron chi connectivity index (χ3n) is 4.37. The summed E-state index contributed by atoms with van der Waals surface area (Å²) in [6, 6.07) is 6.86. The van der Waals surface area contributed by atoms with E-state index >= 15 is 0 Å². The number of carbonyl (C=O) groups is 2. The van der Waals surface area contributed by atoms with Crippen LogP contribution in [0.1, 0.15) is 44.1 Å². The van der Waals surface area contributed by atoms with Gasteiger partial charge >= 0.3 is 6.18 Å². The van der Waals surface area contributed by atoms with Gasteiger partial charge in [0.25, 0.3) is 5.91 Å². The molecule has 26 heavy (non-hydrogen) atoms. The third kappa shape index (κ3) is 3.14. The van der Waals surface area contributed by atoms with Gasteiger partial charge in [0.15, 0.2) is 0 Å². The molecule has 136 valence electrons. The number of anilines is 1. The Morgan fingerprint density at radius 2 is 1.88 bits per heavy atom. The zero-order valence-corrected chi connectivity index (χ0v) is 13.9. The molecule has 0 radical (unpaired) electrons. The van der Waals surface area contributed by atoms with E-state index in [1.807, 2.05) is 0 Å². The van der Waals surface area contributed by atoms with Gasteiger partial charge in [0.1, 0.15) is 5.69 Å². The fourth-order valence-corrected chi connectivity index (χ4v) is 3.16. The number of rotatable bonds is 2. The number of pyridine rings is 1. The molecule has 2 aromatic rings. The summed E-state index contributed by atoms with van der Waals surface area (Å²) in [6.07, 6.45) is -3.35. The van der Waals surface area contributed by atoms with Crippen molar-refractivity contribution in [1.82, 2.24) is 4.98 Å². The first-order valence-electron chi connectivity index (χ1n) is 7.98. The molecule has 1 aromatic heterocycles. The van der Waals surface area contributed by atoms with Gasteiger partial charge in [-0.05, 0) is 49.6 Å². The predicted octanol–water partition coefficient (Wildman–Crippen LogP) is 3.10. The van der Waals surface area contributed by atoms with Crippen LogP contribution in [0.5, 0.6) is 0 Å². The Bertz CT molecular complexity index is 894. The number of aromatic nitrogens is 1. The Balaban J connectivity index is 2.01. The van der Waals surface area contributed by atoms with Crippen LogP contribution in [0.2, 0.25) is 0 Å². The minimum absolute atomic E-state index is 0.00278. The standard InChI is InChI=1S/C18H16F3N3O2/c1-10-11(7-8-15(23-10)18(19,20)21)17(26)24-9-3-5-12-13(16(22)25)4-2-6-14(12)24/h2,4,6-8H,3,5,9H2,1H3,(H2,22,25). The van der Waals surface area contributed by atoms with Crippen molar-refractivity contribution >= 4 is 17.5 Å². The number of alkyl halides is 3. The van der Waals surface area contributed by atoms with E-state index in [0.717, 1.165) is 12.1 Å². The van der Waals surface area contributed by atoms with Gasteiger partial charge in [-0.2, -0.15) is 13.2 Å².